The van der Waals surface area contributed by atoms with E-state index in [1.807, 2.05) is 0 Å². The topological polar surface area (TPSA) is 77.4 Å². The molecule has 0 unspecified atom stereocenters. The van der Waals surface area contributed by atoms with Crippen molar-refractivity contribution in [1.82, 2.24) is 0 Å². The van der Waals surface area contributed by atoms with Gasteiger partial charge in [0.15, 0.2) is 6.29 Å². The highest BCUT2D eigenvalue weighted by molar-refractivity contribution is 4.91. The summed E-state index contributed by atoms with van der Waals surface area (Å²) < 4.78 is 21.2. The SMILES string of the molecule is C=CCO[C@H]1O[C@H](CO)[C@@H](O)[C@H](OC)[C@@H]1OC. The molecule has 0 aromatic heterocycles. The number of hydrogen-bond acceptors (Lipinski definition) is 6. The Labute approximate surface area is 101 Å². The Morgan fingerprint density at radius 1 is 1.29 bits per heavy atom. The molecule has 1 aliphatic heterocycles. The Hall–Kier alpha value is -0.500. The average molecular weight is 248 g/mol. The van der Waals surface area contributed by atoms with Crippen LogP contribution in [0.5, 0.6) is 0 Å². The van der Waals surface area contributed by atoms with Crippen LogP contribution in [0.4, 0.5) is 0 Å². The molecule has 2 N–H and O–H groups in total. The van der Waals surface area contributed by atoms with Crippen LogP contribution in [0.3, 0.4) is 0 Å². The minimum Gasteiger partial charge on any atom is -0.394 e. The van der Waals surface area contributed by atoms with Crippen LogP contribution in [0.1, 0.15) is 0 Å². The van der Waals surface area contributed by atoms with Crippen molar-refractivity contribution >= 4 is 0 Å². The number of hydrogen-bond donors (Lipinski definition) is 2. The van der Waals surface area contributed by atoms with Gasteiger partial charge in [-0.1, -0.05) is 6.08 Å². The number of aliphatic hydroxyl groups is 2. The van der Waals surface area contributed by atoms with Crippen molar-refractivity contribution in [3.05, 3.63) is 12.7 Å². The van der Waals surface area contributed by atoms with Crippen LogP contribution >= 0.6 is 0 Å². The van der Waals surface area contributed by atoms with E-state index >= 15 is 0 Å². The zero-order valence-electron chi connectivity index (χ0n) is 10.1. The summed E-state index contributed by atoms with van der Waals surface area (Å²) >= 11 is 0. The minimum absolute atomic E-state index is 0.287. The quantitative estimate of drug-likeness (QED) is 0.605. The van der Waals surface area contributed by atoms with E-state index in [1.54, 1.807) is 6.08 Å². The second kappa shape index (κ2) is 7.05. The van der Waals surface area contributed by atoms with Crippen LogP contribution in [-0.4, -0.2) is 68.4 Å². The van der Waals surface area contributed by atoms with Crippen molar-refractivity contribution in [2.75, 3.05) is 27.4 Å². The maximum atomic E-state index is 9.91. The highest BCUT2D eigenvalue weighted by Gasteiger charge is 2.46. The van der Waals surface area contributed by atoms with Crippen molar-refractivity contribution in [1.29, 1.82) is 0 Å². The van der Waals surface area contributed by atoms with E-state index in [9.17, 15) is 5.11 Å². The molecule has 0 aromatic carbocycles. The van der Waals surface area contributed by atoms with Gasteiger partial charge in [0.2, 0.25) is 0 Å². The van der Waals surface area contributed by atoms with Gasteiger partial charge in [-0.05, 0) is 0 Å². The summed E-state index contributed by atoms with van der Waals surface area (Å²) in [6.07, 6.45) is -2.00. The van der Waals surface area contributed by atoms with Gasteiger partial charge < -0.3 is 29.2 Å². The molecular formula is C11H20O6. The molecule has 1 aliphatic rings. The molecule has 1 heterocycles. The van der Waals surface area contributed by atoms with E-state index in [4.69, 9.17) is 24.1 Å². The molecular weight excluding hydrogens is 228 g/mol. The van der Waals surface area contributed by atoms with E-state index in [-0.39, 0.29) is 13.2 Å². The maximum Gasteiger partial charge on any atom is 0.187 e. The van der Waals surface area contributed by atoms with Gasteiger partial charge in [-0.15, -0.1) is 6.58 Å². The fourth-order valence-electron chi connectivity index (χ4n) is 1.86. The molecule has 6 heteroatoms. The highest BCUT2D eigenvalue weighted by atomic mass is 16.7. The Morgan fingerprint density at radius 3 is 2.41 bits per heavy atom. The Morgan fingerprint density at radius 2 is 1.94 bits per heavy atom. The first-order chi connectivity index (χ1) is 8.19. The summed E-state index contributed by atoms with van der Waals surface area (Å²) in [7, 11) is 2.94. The van der Waals surface area contributed by atoms with E-state index in [0.717, 1.165) is 0 Å². The van der Waals surface area contributed by atoms with Crippen LogP contribution in [0.15, 0.2) is 12.7 Å². The lowest BCUT2D eigenvalue weighted by Gasteiger charge is -2.42. The van der Waals surface area contributed by atoms with E-state index in [1.165, 1.54) is 14.2 Å². The van der Waals surface area contributed by atoms with Gasteiger partial charge in [0.25, 0.3) is 0 Å². The molecule has 1 rings (SSSR count). The van der Waals surface area contributed by atoms with Crippen molar-refractivity contribution in [2.24, 2.45) is 0 Å². The third-order valence-electron chi connectivity index (χ3n) is 2.72. The van der Waals surface area contributed by atoms with Crippen LogP contribution in [0.25, 0.3) is 0 Å². The molecule has 1 saturated heterocycles. The number of ether oxygens (including phenoxy) is 4. The molecule has 17 heavy (non-hydrogen) atoms. The molecule has 0 amide bonds. The summed E-state index contributed by atoms with van der Waals surface area (Å²) in [5, 5.41) is 19.0. The van der Waals surface area contributed by atoms with Gasteiger partial charge in [-0.2, -0.15) is 0 Å². The van der Waals surface area contributed by atoms with Crippen LogP contribution < -0.4 is 0 Å². The van der Waals surface area contributed by atoms with Gasteiger partial charge in [0.05, 0.1) is 13.2 Å². The van der Waals surface area contributed by atoms with Gasteiger partial charge in [0, 0.05) is 14.2 Å². The normalized spacial score (nSPS) is 38.0. The molecule has 0 aromatic rings. The van der Waals surface area contributed by atoms with Gasteiger partial charge in [0.1, 0.15) is 24.4 Å². The van der Waals surface area contributed by atoms with Gasteiger partial charge in [-0.25, -0.2) is 0 Å². The lowest BCUT2D eigenvalue weighted by atomic mass is 9.99. The molecule has 0 radical (unpaired) electrons. The largest absolute Gasteiger partial charge is 0.394 e. The molecule has 1 fully saturated rings. The fourth-order valence-corrected chi connectivity index (χ4v) is 1.86. The zero-order chi connectivity index (χ0) is 12.8. The second-order valence-corrected chi connectivity index (χ2v) is 3.74. The molecule has 5 atom stereocenters. The Balaban J connectivity index is 2.76. The maximum absolute atomic E-state index is 9.91. The number of rotatable bonds is 6. The molecule has 0 saturated carbocycles. The number of methoxy groups -OCH3 is 2. The van der Waals surface area contributed by atoms with Crippen molar-refractivity contribution in [3.63, 3.8) is 0 Å². The third kappa shape index (κ3) is 3.25. The first-order valence-corrected chi connectivity index (χ1v) is 5.42. The smallest absolute Gasteiger partial charge is 0.187 e. The van der Waals surface area contributed by atoms with Crippen molar-refractivity contribution in [3.8, 4) is 0 Å². The van der Waals surface area contributed by atoms with E-state index in [2.05, 4.69) is 6.58 Å². The number of aliphatic hydroxyl groups excluding tert-OH is 2. The Kier molecular flexibility index (Phi) is 6.04. The summed E-state index contributed by atoms with van der Waals surface area (Å²) in [4.78, 5) is 0. The van der Waals surface area contributed by atoms with Crippen LogP contribution in [-0.2, 0) is 18.9 Å². The standard InChI is InChI=1S/C11H20O6/c1-4-5-16-11-10(15-3)9(14-2)8(13)7(6-12)17-11/h4,7-13H,1,5-6H2,2-3H3/t7-,8-,9+,10+,11+/m1/s1. The first kappa shape index (κ1) is 14.6. The second-order valence-electron chi connectivity index (χ2n) is 3.74. The summed E-state index contributed by atoms with van der Waals surface area (Å²) in [5.74, 6) is 0. The summed E-state index contributed by atoms with van der Waals surface area (Å²) in [6, 6.07) is 0. The molecule has 0 spiro atoms. The molecule has 0 bridgehead atoms. The molecule has 6 nitrogen and oxygen atoms in total. The molecule has 100 valence electrons. The first-order valence-electron chi connectivity index (χ1n) is 5.42. The third-order valence-corrected chi connectivity index (χ3v) is 2.72. The average Bonchev–Trinajstić information content (AvgIpc) is 2.36. The predicted octanol–water partition coefficient (Wildman–Crippen LogP) is -0.703. The Bertz CT molecular complexity index is 234. The van der Waals surface area contributed by atoms with Gasteiger partial charge >= 0.3 is 0 Å². The summed E-state index contributed by atoms with van der Waals surface area (Å²) in [6.45, 7) is 3.51. The zero-order valence-corrected chi connectivity index (χ0v) is 10.1. The van der Waals surface area contributed by atoms with E-state index < -0.39 is 30.7 Å². The minimum atomic E-state index is -0.960. The van der Waals surface area contributed by atoms with Crippen LogP contribution in [0.2, 0.25) is 0 Å². The van der Waals surface area contributed by atoms with Crippen LogP contribution in [0, 0.1) is 0 Å². The molecule has 0 aliphatic carbocycles. The fraction of sp³-hybridized carbons (Fsp3) is 0.818. The lowest BCUT2D eigenvalue weighted by molar-refractivity contribution is -0.306. The van der Waals surface area contributed by atoms with Gasteiger partial charge in [-0.3, -0.25) is 0 Å². The monoisotopic (exact) mass is 248 g/mol. The summed E-state index contributed by atoms with van der Waals surface area (Å²) in [5.41, 5.74) is 0. The predicted molar refractivity (Wildman–Crippen MR) is 59.5 cm³/mol. The van der Waals surface area contributed by atoms with E-state index in [0.29, 0.717) is 0 Å². The highest BCUT2D eigenvalue weighted by Crippen LogP contribution is 2.25. The lowest BCUT2D eigenvalue weighted by Crippen LogP contribution is -2.60. The van der Waals surface area contributed by atoms with Crippen molar-refractivity contribution in [2.45, 2.75) is 30.7 Å². The van der Waals surface area contributed by atoms with Crippen molar-refractivity contribution < 1.29 is 29.2 Å².